The number of benzene rings is 1. The number of fused-ring (bicyclic) bond motifs is 1. The van der Waals surface area contributed by atoms with Crippen molar-refractivity contribution in [1.29, 1.82) is 0 Å². The Morgan fingerprint density at radius 1 is 1.13 bits per heavy atom. The molecule has 120 valence electrons. The average molecular weight is 328 g/mol. The van der Waals surface area contributed by atoms with E-state index in [1.54, 1.807) is 11.3 Å². The van der Waals surface area contributed by atoms with E-state index in [1.807, 2.05) is 44.2 Å². The van der Waals surface area contributed by atoms with E-state index in [1.165, 1.54) is 4.70 Å². The van der Waals surface area contributed by atoms with Gasteiger partial charge in [-0.25, -0.2) is 9.98 Å². The first-order chi connectivity index (χ1) is 11.3. The van der Waals surface area contributed by atoms with Gasteiger partial charge in [-0.3, -0.25) is 0 Å². The predicted molar refractivity (Wildman–Crippen MR) is 95.8 cm³/mol. The van der Waals surface area contributed by atoms with E-state index < -0.39 is 0 Å². The van der Waals surface area contributed by atoms with Gasteiger partial charge in [-0.05, 0) is 38.1 Å². The molecule has 0 spiro atoms. The monoisotopic (exact) mass is 328 g/mol. The summed E-state index contributed by atoms with van der Waals surface area (Å²) in [4.78, 5) is 9.12. The lowest BCUT2D eigenvalue weighted by atomic mass is 10.3. The summed E-state index contributed by atoms with van der Waals surface area (Å²) in [5, 5.41) is 7.30. The summed E-state index contributed by atoms with van der Waals surface area (Å²) in [7, 11) is 0. The molecule has 3 rings (SSSR count). The van der Waals surface area contributed by atoms with Gasteiger partial charge in [-0.1, -0.05) is 12.1 Å². The molecule has 3 aromatic rings. The fourth-order valence-electron chi connectivity index (χ4n) is 2.22. The van der Waals surface area contributed by atoms with Crippen LogP contribution in [0.25, 0.3) is 21.0 Å². The molecule has 0 radical (unpaired) electrons. The lowest BCUT2D eigenvalue weighted by Gasteiger charge is -2.08. The molecule has 0 atom stereocenters. The highest BCUT2D eigenvalue weighted by atomic mass is 32.1. The Morgan fingerprint density at radius 3 is 2.65 bits per heavy atom. The molecule has 0 aliphatic carbocycles. The van der Waals surface area contributed by atoms with E-state index in [0.29, 0.717) is 6.54 Å². The number of para-hydroxylation sites is 1. The van der Waals surface area contributed by atoms with Crippen LogP contribution >= 0.6 is 11.3 Å². The number of aromatic nitrogens is 1. The van der Waals surface area contributed by atoms with Crippen LogP contribution in [-0.2, 0) is 6.54 Å². The Balaban J connectivity index is 1.76. The van der Waals surface area contributed by atoms with E-state index in [4.69, 9.17) is 4.42 Å². The molecule has 2 aromatic heterocycles. The van der Waals surface area contributed by atoms with Gasteiger partial charge in [-0.15, -0.1) is 11.3 Å². The molecule has 0 saturated heterocycles. The lowest BCUT2D eigenvalue weighted by molar-refractivity contribution is 0.524. The molecule has 1 aromatic carbocycles. The van der Waals surface area contributed by atoms with Gasteiger partial charge in [0.25, 0.3) is 0 Å². The minimum absolute atomic E-state index is 0.500. The van der Waals surface area contributed by atoms with Crippen molar-refractivity contribution >= 4 is 27.5 Å². The lowest BCUT2D eigenvalue weighted by Crippen LogP contribution is -2.36. The van der Waals surface area contributed by atoms with Crippen molar-refractivity contribution in [2.75, 3.05) is 13.1 Å². The number of hydrogen-bond donors (Lipinski definition) is 2. The zero-order valence-corrected chi connectivity index (χ0v) is 14.1. The van der Waals surface area contributed by atoms with Crippen LogP contribution in [0.5, 0.6) is 0 Å². The maximum Gasteiger partial charge on any atom is 0.191 e. The zero-order chi connectivity index (χ0) is 16.1. The van der Waals surface area contributed by atoms with E-state index >= 15 is 0 Å². The minimum atomic E-state index is 0.500. The Labute approximate surface area is 139 Å². The molecule has 0 bridgehead atoms. The average Bonchev–Trinajstić information content (AvgIpc) is 3.19. The molecule has 0 saturated carbocycles. The molecular formula is C17H20N4OS. The second kappa shape index (κ2) is 7.28. The molecule has 0 unspecified atom stereocenters. The van der Waals surface area contributed by atoms with Crippen LogP contribution in [0.4, 0.5) is 0 Å². The normalized spacial score (nSPS) is 10.7. The second-order valence-electron chi connectivity index (χ2n) is 4.98. The summed E-state index contributed by atoms with van der Waals surface area (Å²) in [5.41, 5.74) is 1.00. The minimum Gasteiger partial charge on any atom is -0.457 e. The van der Waals surface area contributed by atoms with Gasteiger partial charge in [0.05, 0.1) is 10.2 Å². The van der Waals surface area contributed by atoms with Gasteiger partial charge in [-0.2, -0.15) is 0 Å². The van der Waals surface area contributed by atoms with Crippen LogP contribution in [0.15, 0.2) is 45.8 Å². The van der Waals surface area contributed by atoms with Crippen molar-refractivity contribution in [2.45, 2.75) is 20.4 Å². The van der Waals surface area contributed by atoms with Crippen LogP contribution in [0.3, 0.4) is 0 Å². The van der Waals surface area contributed by atoms with E-state index in [-0.39, 0.29) is 0 Å². The number of thiazole rings is 1. The van der Waals surface area contributed by atoms with Crippen molar-refractivity contribution in [2.24, 2.45) is 4.99 Å². The van der Waals surface area contributed by atoms with Crippen molar-refractivity contribution in [3.05, 3.63) is 42.2 Å². The number of hydrogen-bond acceptors (Lipinski definition) is 4. The number of nitrogens with zero attached hydrogens (tertiary/aromatic N) is 2. The molecule has 0 aliphatic rings. The molecule has 5 nitrogen and oxygen atoms in total. The number of guanidine groups is 1. The largest absolute Gasteiger partial charge is 0.457 e. The maximum atomic E-state index is 5.89. The maximum absolute atomic E-state index is 5.89. The molecule has 23 heavy (non-hydrogen) atoms. The van der Waals surface area contributed by atoms with E-state index in [9.17, 15) is 0 Å². The van der Waals surface area contributed by atoms with Crippen LogP contribution in [-0.4, -0.2) is 24.0 Å². The highest BCUT2D eigenvalue weighted by Gasteiger charge is 2.10. The van der Waals surface area contributed by atoms with Gasteiger partial charge in [0.1, 0.15) is 12.3 Å². The fourth-order valence-corrected chi connectivity index (χ4v) is 3.15. The van der Waals surface area contributed by atoms with Crippen LogP contribution in [0, 0.1) is 0 Å². The first-order valence-electron chi connectivity index (χ1n) is 7.77. The van der Waals surface area contributed by atoms with Gasteiger partial charge < -0.3 is 15.1 Å². The molecule has 0 fully saturated rings. The zero-order valence-electron chi connectivity index (χ0n) is 13.3. The standard InChI is InChI=1S/C17H20N4OS/c1-3-18-17(19-4-2)20-11-12-9-10-14(22-12)16-21-13-7-5-6-8-15(13)23-16/h5-10H,3-4,11H2,1-2H3,(H2,18,19,20). The summed E-state index contributed by atoms with van der Waals surface area (Å²) < 4.78 is 7.06. The summed E-state index contributed by atoms with van der Waals surface area (Å²) in [6, 6.07) is 12.0. The van der Waals surface area contributed by atoms with Crippen molar-refractivity contribution in [1.82, 2.24) is 15.6 Å². The third-order valence-corrected chi connectivity index (χ3v) is 4.30. The summed E-state index contributed by atoms with van der Waals surface area (Å²) >= 11 is 1.64. The quantitative estimate of drug-likeness (QED) is 0.554. The van der Waals surface area contributed by atoms with Gasteiger partial charge >= 0.3 is 0 Å². The molecule has 6 heteroatoms. The number of nitrogens with one attached hydrogen (secondary N) is 2. The van der Waals surface area contributed by atoms with Crippen LogP contribution in [0.2, 0.25) is 0 Å². The molecule has 0 amide bonds. The van der Waals surface area contributed by atoms with Gasteiger partial charge in [0, 0.05) is 13.1 Å². The Bertz CT molecular complexity index is 765. The highest BCUT2D eigenvalue weighted by Crippen LogP contribution is 2.31. The molecular weight excluding hydrogens is 308 g/mol. The second-order valence-corrected chi connectivity index (χ2v) is 6.01. The first-order valence-corrected chi connectivity index (χ1v) is 8.58. The topological polar surface area (TPSA) is 62.5 Å². The molecule has 2 heterocycles. The van der Waals surface area contributed by atoms with E-state index in [2.05, 4.69) is 26.7 Å². The SMILES string of the molecule is CCNC(=NCc1ccc(-c2nc3ccccc3s2)o1)NCC. The van der Waals surface area contributed by atoms with Gasteiger partial charge in [0.2, 0.25) is 0 Å². The molecule has 0 aliphatic heterocycles. The third kappa shape index (κ3) is 3.71. The predicted octanol–water partition coefficient (Wildman–Crippen LogP) is 3.63. The summed E-state index contributed by atoms with van der Waals surface area (Å²) in [6.07, 6.45) is 0. The first kappa shape index (κ1) is 15.6. The smallest absolute Gasteiger partial charge is 0.191 e. The Kier molecular flexibility index (Phi) is 4.92. The van der Waals surface area contributed by atoms with Crippen molar-refractivity contribution < 1.29 is 4.42 Å². The fraction of sp³-hybridized carbons (Fsp3) is 0.294. The van der Waals surface area contributed by atoms with Crippen molar-refractivity contribution in [3.63, 3.8) is 0 Å². The van der Waals surface area contributed by atoms with Crippen molar-refractivity contribution in [3.8, 4) is 10.8 Å². The Morgan fingerprint density at radius 2 is 1.91 bits per heavy atom. The van der Waals surface area contributed by atoms with Crippen LogP contribution in [0.1, 0.15) is 19.6 Å². The van der Waals surface area contributed by atoms with E-state index in [0.717, 1.165) is 41.1 Å². The highest BCUT2D eigenvalue weighted by molar-refractivity contribution is 7.21. The number of furan rings is 1. The summed E-state index contributed by atoms with van der Waals surface area (Å²) in [6.45, 7) is 6.26. The third-order valence-electron chi connectivity index (χ3n) is 3.25. The summed E-state index contributed by atoms with van der Waals surface area (Å²) in [5.74, 6) is 2.42. The number of aliphatic imine (C=N–C) groups is 1. The number of rotatable bonds is 5. The molecule has 2 N–H and O–H groups in total. The Hall–Kier alpha value is -2.34. The van der Waals surface area contributed by atoms with Gasteiger partial charge in [0.15, 0.2) is 16.7 Å². The van der Waals surface area contributed by atoms with Crippen LogP contribution < -0.4 is 10.6 Å².